The van der Waals surface area contributed by atoms with E-state index in [0.717, 1.165) is 18.5 Å². The standard InChI is InChI=1S/C17H25N3O3S/c1-13-11-14-7-4-5-9-16(14)20(13)17(21)15-8-6-10-19(12-15)24(22,23)18(2)3/h4-5,7,9,13,15H,6,8,10-12H2,1-3H3/t13-,15-/m0/s1. The van der Waals surface area contributed by atoms with E-state index in [1.54, 1.807) is 0 Å². The first kappa shape index (κ1) is 17.4. The van der Waals surface area contributed by atoms with Gasteiger partial charge in [0.05, 0.1) is 5.92 Å². The van der Waals surface area contributed by atoms with Gasteiger partial charge in [-0.05, 0) is 37.8 Å². The molecule has 0 saturated carbocycles. The average molecular weight is 351 g/mol. The quantitative estimate of drug-likeness (QED) is 0.829. The zero-order valence-corrected chi connectivity index (χ0v) is 15.3. The van der Waals surface area contributed by atoms with Gasteiger partial charge in [0, 0.05) is 38.9 Å². The fraction of sp³-hybridized carbons (Fsp3) is 0.588. The number of carbonyl (C=O) groups is 1. The first-order valence-electron chi connectivity index (χ1n) is 8.41. The number of amides is 1. The molecule has 0 unspecified atom stereocenters. The number of benzene rings is 1. The number of hydrogen-bond acceptors (Lipinski definition) is 3. The number of hydrogen-bond donors (Lipinski definition) is 0. The minimum atomic E-state index is -3.47. The molecule has 24 heavy (non-hydrogen) atoms. The predicted molar refractivity (Wildman–Crippen MR) is 94.0 cm³/mol. The highest BCUT2D eigenvalue weighted by molar-refractivity contribution is 7.86. The third kappa shape index (κ3) is 2.96. The van der Waals surface area contributed by atoms with Crippen molar-refractivity contribution in [1.82, 2.24) is 8.61 Å². The number of fused-ring (bicyclic) bond motifs is 1. The Morgan fingerprint density at radius 1 is 1.25 bits per heavy atom. The van der Waals surface area contributed by atoms with E-state index in [0.29, 0.717) is 13.0 Å². The van der Waals surface area contributed by atoms with Crippen molar-refractivity contribution in [3.63, 3.8) is 0 Å². The lowest BCUT2D eigenvalue weighted by Gasteiger charge is -2.35. The summed E-state index contributed by atoms with van der Waals surface area (Å²) in [5, 5.41) is 0. The number of anilines is 1. The summed E-state index contributed by atoms with van der Waals surface area (Å²) in [4.78, 5) is 15.0. The summed E-state index contributed by atoms with van der Waals surface area (Å²) in [6, 6.07) is 8.10. The maximum absolute atomic E-state index is 13.1. The summed E-state index contributed by atoms with van der Waals surface area (Å²) in [6.45, 7) is 2.80. The molecule has 7 heteroatoms. The maximum atomic E-state index is 13.1. The Morgan fingerprint density at radius 2 is 1.96 bits per heavy atom. The molecule has 1 saturated heterocycles. The van der Waals surface area contributed by atoms with E-state index in [-0.39, 0.29) is 24.4 Å². The molecule has 1 aromatic carbocycles. The fourth-order valence-electron chi connectivity index (χ4n) is 3.68. The Balaban J connectivity index is 1.81. The molecule has 2 heterocycles. The maximum Gasteiger partial charge on any atom is 0.281 e. The Labute approximate surface area is 144 Å². The van der Waals surface area contributed by atoms with Gasteiger partial charge in [0.2, 0.25) is 5.91 Å². The molecule has 6 nitrogen and oxygen atoms in total. The van der Waals surface area contributed by atoms with Gasteiger partial charge in [0.25, 0.3) is 10.2 Å². The SMILES string of the molecule is C[C@H]1Cc2ccccc2N1C(=O)[C@H]1CCCN(S(=O)(=O)N(C)C)C1. The molecule has 3 rings (SSSR count). The summed E-state index contributed by atoms with van der Waals surface area (Å²) in [6.07, 6.45) is 2.31. The van der Waals surface area contributed by atoms with Crippen molar-refractivity contribution in [2.24, 2.45) is 5.92 Å². The van der Waals surface area contributed by atoms with Gasteiger partial charge in [-0.1, -0.05) is 18.2 Å². The second kappa shape index (κ2) is 6.46. The van der Waals surface area contributed by atoms with Crippen molar-refractivity contribution in [2.75, 3.05) is 32.1 Å². The van der Waals surface area contributed by atoms with Crippen molar-refractivity contribution in [3.8, 4) is 0 Å². The molecule has 0 N–H and O–H groups in total. The highest BCUT2D eigenvalue weighted by atomic mass is 32.2. The third-order valence-electron chi connectivity index (χ3n) is 4.97. The average Bonchev–Trinajstić information content (AvgIpc) is 2.90. The molecule has 2 aliphatic rings. The van der Waals surface area contributed by atoms with Gasteiger partial charge in [-0.25, -0.2) is 0 Å². The highest BCUT2D eigenvalue weighted by Gasteiger charge is 2.39. The van der Waals surface area contributed by atoms with Crippen LogP contribution < -0.4 is 4.90 Å². The zero-order valence-electron chi connectivity index (χ0n) is 14.5. The van der Waals surface area contributed by atoms with E-state index < -0.39 is 10.2 Å². The number of rotatable bonds is 3. The monoisotopic (exact) mass is 351 g/mol. The Bertz CT molecular complexity index is 732. The Kier molecular flexibility index (Phi) is 4.68. The molecule has 0 radical (unpaired) electrons. The van der Waals surface area contributed by atoms with Crippen LogP contribution in [-0.4, -0.2) is 56.2 Å². The molecule has 132 valence electrons. The minimum absolute atomic E-state index is 0.0473. The van der Waals surface area contributed by atoms with Gasteiger partial charge in [-0.3, -0.25) is 4.79 Å². The largest absolute Gasteiger partial charge is 0.309 e. The zero-order chi connectivity index (χ0) is 17.5. The smallest absolute Gasteiger partial charge is 0.281 e. The Hall–Kier alpha value is -1.44. The van der Waals surface area contributed by atoms with Gasteiger partial charge in [-0.15, -0.1) is 0 Å². The van der Waals surface area contributed by atoms with E-state index >= 15 is 0 Å². The van der Waals surface area contributed by atoms with Crippen LogP contribution in [0.5, 0.6) is 0 Å². The van der Waals surface area contributed by atoms with E-state index in [1.807, 2.05) is 23.1 Å². The molecule has 1 fully saturated rings. The van der Waals surface area contributed by atoms with E-state index in [2.05, 4.69) is 13.0 Å². The van der Waals surface area contributed by atoms with Crippen LogP contribution in [0.2, 0.25) is 0 Å². The molecule has 1 aromatic rings. The fourth-order valence-corrected chi connectivity index (χ4v) is 4.87. The van der Waals surface area contributed by atoms with Crippen molar-refractivity contribution in [2.45, 2.75) is 32.2 Å². The van der Waals surface area contributed by atoms with Gasteiger partial charge in [-0.2, -0.15) is 17.0 Å². The van der Waals surface area contributed by atoms with Gasteiger partial charge >= 0.3 is 0 Å². The molecule has 1 amide bonds. The van der Waals surface area contributed by atoms with Crippen LogP contribution >= 0.6 is 0 Å². The van der Waals surface area contributed by atoms with Crippen molar-refractivity contribution in [1.29, 1.82) is 0 Å². The summed E-state index contributed by atoms with van der Waals surface area (Å²) in [7, 11) is -0.413. The van der Waals surface area contributed by atoms with Crippen LogP contribution in [0.1, 0.15) is 25.3 Å². The lowest BCUT2D eigenvalue weighted by Crippen LogP contribution is -2.50. The number of carbonyl (C=O) groups excluding carboxylic acids is 1. The highest BCUT2D eigenvalue weighted by Crippen LogP contribution is 2.34. The van der Waals surface area contributed by atoms with Gasteiger partial charge in [0.1, 0.15) is 0 Å². The molecule has 2 aliphatic heterocycles. The lowest BCUT2D eigenvalue weighted by atomic mass is 9.97. The van der Waals surface area contributed by atoms with Crippen molar-refractivity contribution < 1.29 is 13.2 Å². The van der Waals surface area contributed by atoms with Crippen molar-refractivity contribution in [3.05, 3.63) is 29.8 Å². The number of para-hydroxylation sites is 1. The number of nitrogens with zero attached hydrogens (tertiary/aromatic N) is 3. The third-order valence-corrected chi connectivity index (χ3v) is 6.87. The first-order chi connectivity index (χ1) is 11.3. The minimum Gasteiger partial charge on any atom is -0.309 e. The summed E-state index contributed by atoms with van der Waals surface area (Å²) in [5.41, 5.74) is 2.16. The summed E-state index contributed by atoms with van der Waals surface area (Å²) in [5.74, 6) is -0.229. The molecular weight excluding hydrogens is 326 g/mol. The molecule has 0 aromatic heterocycles. The lowest BCUT2D eigenvalue weighted by molar-refractivity contribution is -0.123. The van der Waals surface area contributed by atoms with Crippen LogP contribution in [-0.2, 0) is 21.4 Å². The molecule has 0 aliphatic carbocycles. The predicted octanol–water partition coefficient (Wildman–Crippen LogP) is 1.48. The molecule has 2 atom stereocenters. The van der Waals surface area contributed by atoms with Gasteiger partial charge in [0.15, 0.2) is 0 Å². The van der Waals surface area contributed by atoms with Crippen molar-refractivity contribution >= 4 is 21.8 Å². The van der Waals surface area contributed by atoms with E-state index in [1.165, 1.54) is 28.3 Å². The van der Waals surface area contributed by atoms with Crippen LogP contribution in [0.3, 0.4) is 0 Å². The van der Waals surface area contributed by atoms with Crippen LogP contribution in [0.25, 0.3) is 0 Å². The van der Waals surface area contributed by atoms with E-state index in [9.17, 15) is 13.2 Å². The molecule has 0 spiro atoms. The summed E-state index contributed by atoms with van der Waals surface area (Å²) >= 11 is 0. The first-order valence-corrected chi connectivity index (χ1v) is 9.80. The van der Waals surface area contributed by atoms with Gasteiger partial charge < -0.3 is 4.90 Å². The summed E-state index contributed by atoms with van der Waals surface area (Å²) < 4.78 is 27.4. The molecule has 0 bridgehead atoms. The second-order valence-electron chi connectivity index (χ2n) is 6.88. The van der Waals surface area contributed by atoms with Crippen LogP contribution in [0.15, 0.2) is 24.3 Å². The molecular formula is C17H25N3O3S. The van der Waals surface area contributed by atoms with Crippen LogP contribution in [0, 0.1) is 5.92 Å². The second-order valence-corrected chi connectivity index (χ2v) is 9.02. The van der Waals surface area contributed by atoms with E-state index in [4.69, 9.17) is 0 Å². The Morgan fingerprint density at radius 3 is 2.67 bits per heavy atom. The number of piperidine rings is 1. The van der Waals surface area contributed by atoms with Crippen LogP contribution in [0.4, 0.5) is 5.69 Å². The topological polar surface area (TPSA) is 60.9 Å². The normalized spacial score (nSPS) is 25.1.